The molecule has 0 aliphatic carbocycles. The zero-order valence-electron chi connectivity index (χ0n) is 25.2. The van der Waals surface area contributed by atoms with Gasteiger partial charge in [0.25, 0.3) is 0 Å². The molecule has 0 bridgehead atoms. The van der Waals surface area contributed by atoms with Crippen LogP contribution in [0.2, 0.25) is 0 Å². The number of benzene rings is 1. The van der Waals surface area contributed by atoms with Crippen LogP contribution in [0.25, 0.3) is 0 Å². The zero-order chi connectivity index (χ0) is 28.7. The molecule has 0 fully saturated rings. The quantitative estimate of drug-likeness (QED) is 0.218. The molecule has 0 saturated carbocycles. The van der Waals surface area contributed by atoms with Crippen LogP contribution in [0.3, 0.4) is 0 Å². The lowest BCUT2D eigenvalue weighted by Gasteiger charge is -2.30. The van der Waals surface area contributed by atoms with Crippen molar-refractivity contribution in [3.8, 4) is 0 Å². The zero-order valence-corrected chi connectivity index (χ0v) is 25.2. The summed E-state index contributed by atoms with van der Waals surface area (Å²) in [4.78, 5) is 31.9. The molecule has 2 heterocycles. The fraction of sp³-hybridized carbons (Fsp3) is 0.581. The average Bonchev–Trinajstić information content (AvgIpc) is 3.59. The molecule has 0 saturated heterocycles. The highest BCUT2D eigenvalue weighted by Gasteiger charge is 2.26. The minimum Gasteiger partial charge on any atom is -0.465 e. The minimum absolute atomic E-state index is 0.0772. The number of hydrogen-bond acceptors (Lipinski definition) is 7. The third-order valence-corrected chi connectivity index (χ3v) is 7.13. The Labute approximate surface area is 240 Å². The number of hydrogen-bond donors (Lipinski definition) is 1. The van der Waals surface area contributed by atoms with E-state index in [1.54, 1.807) is 6.20 Å². The monoisotopic (exact) mass is 551 g/mol. The van der Waals surface area contributed by atoms with Gasteiger partial charge in [0.05, 0.1) is 19.7 Å². The Hall–Kier alpha value is -3.01. The highest BCUT2D eigenvalue weighted by atomic mass is 16.5. The average molecular weight is 552 g/mol. The van der Waals surface area contributed by atoms with Crippen LogP contribution in [0.1, 0.15) is 69.2 Å². The van der Waals surface area contributed by atoms with Crippen molar-refractivity contribution in [2.45, 2.75) is 78.7 Å². The lowest BCUT2D eigenvalue weighted by molar-refractivity contribution is -0.150. The van der Waals surface area contributed by atoms with Crippen molar-refractivity contribution in [3.63, 3.8) is 0 Å². The Morgan fingerprint density at radius 1 is 0.950 bits per heavy atom. The van der Waals surface area contributed by atoms with Crippen molar-refractivity contribution in [1.29, 1.82) is 0 Å². The van der Waals surface area contributed by atoms with Crippen molar-refractivity contribution < 1.29 is 9.53 Å². The Bertz CT molecular complexity index is 1090. The van der Waals surface area contributed by atoms with Crippen LogP contribution in [0.4, 0.5) is 0 Å². The SMILES string of the molecule is CCCN(CCC)[C@@H](CCCN(C)Cc1ccc(CN(Cc2ncc[nH]2)Cc2nccn2C)cc1)C(=O)OCC. The van der Waals surface area contributed by atoms with Crippen LogP contribution in [0, 0.1) is 0 Å². The first-order valence-corrected chi connectivity index (χ1v) is 14.8. The predicted molar refractivity (Wildman–Crippen MR) is 159 cm³/mol. The van der Waals surface area contributed by atoms with Gasteiger partial charge in [-0.25, -0.2) is 9.97 Å². The molecule has 0 radical (unpaired) electrons. The second-order valence-corrected chi connectivity index (χ2v) is 10.6. The number of rotatable bonds is 19. The number of aromatic amines is 1. The molecule has 0 aliphatic rings. The first-order valence-electron chi connectivity index (χ1n) is 14.8. The van der Waals surface area contributed by atoms with E-state index >= 15 is 0 Å². The highest BCUT2D eigenvalue weighted by Crippen LogP contribution is 2.15. The van der Waals surface area contributed by atoms with Gasteiger partial charge in [-0.15, -0.1) is 0 Å². The van der Waals surface area contributed by atoms with E-state index in [2.05, 4.69) is 79.4 Å². The third kappa shape index (κ3) is 10.2. The third-order valence-electron chi connectivity index (χ3n) is 7.13. The van der Waals surface area contributed by atoms with Crippen molar-refractivity contribution in [1.82, 2.24) is 34.2 Å². The standard InChI is InChI=1S/C31H49N7O2/c1-6-18-38(19-7-2)28(31(39)40-8-3)10-9-20-35(4)22-26-11-13-27(14-12-26)23-37(24-29-32-15-16-33-29)25-30-34-17-21-36(30)5/h11-17,21,28H,6-10,18-20,22-25H2,1-5H3,(H,32,33)/t28-/m0/s1. The summed E-state index contributed by atoms with van der Waals surface area (Å²) >= 11 is 0. The smallest absolute Gasteiger partial charge is 0.323 e. The van der Waals surface area contributed by atoms with Gasteiger partial charge in [0.2, 0.25) is 0 Å². The van der Waals surface area contributed by atoms with E-state index < -0.39 is 0 Å². The summed E-state index contributed by atoms with van der Waals surface area (Å²) in [7, 11) is 4.18. The molecule has 220 valence electrons. The van der Waals surface area contributed by atoms with Crippen LogP contribution >= 0.6 is 0 Å². The van der Waals surface area contributed by atoms with E-state index in [1.807, 2.05) is 32.6 Å². The van der Waals surface area contributed by atoms with Gasteiger partial charge in [0.1, 0.15) is 17.7 Å². The summed E-state index contributed by atoms with van der Waals surface area (Å²) in [6.07, 6.45) is 11.3. The normalized spacial score (nSPS) is 12.5. The van der Waals surface area contributed by atoms with Gasteiger partial charge < -0.3 is 19.2 Å². The van der Waals surface area contributed by atoms with E-state index in [0.717, 1.165) is 83.1 Å². The van der Waals surface area contributed by atoms with Gasteiger partial charge in [0, 0.05) is 44.9 Å². The maximum atomic E-state index is 12.7. The molecular weight excluding hydrogens is 502 g/mol. The fourth-order valence-corrected chi connectivity index (χ4v) is 5.15. The van der Waals surface area contributed by atoms with Crippen LogP contribution in [0.5, 0.6) is 0 Å². The lowest BCUT2D eigenvalue weighted by Crippen LogP contribution is -2.43. The highest BCUT2D eigenvalue weighted by molar-refractivity contribution is 5.75. The van der Waals surface area contributed by atoms with Gasteiger partial charge >= 0.3 is 5.97 Å². The predicted octanol–water partition coefficient (Wildman–Crippen LogP) is 4.61. The fourth-order valence-electron chi connectivity index (χ4n) is 5.15. The Morgan fingerprint density at radius 3 is 2.23 bits per heavy atom. The van der Waals surface area contributed by atoms with E-state index in [4.69, 9.17) is 4.74 Å². The maximum Gasteiger partial charge on any atom is 0.323 e. The maximum absolute atomic E-state index is 12.7. The largest absolute Gasteiger partial charge is 0.465 e. The second kappa shape index (κ2) is 16.9. The molecule has 1 aromatic carbocycles. The molecule has 0 unspecified atom stereocenters. The van der Waals surface area contributed by atoms with E-state index in [-0.39, 0.29) is 12.0 Å². The first kappa shape index (κ1) is 31.5. The van der Waals surface area contributed by atoms with Gasteiger partial charge in [-0.3, -0.25) is 14.6 Å². The van der Waals surface area contributed by atoms with Gasteiger partial charge in [0.15, 0.2) is 0 Å². The summed E-state index contributed by atoms with van der Waals surface area (Å²) < 4.78 is 7.49. The Balaban J connectivity index is 1.53. The Morgan fingerprint density at radius 2 is 1.65 bits per heavy atom. The molecule has 9 nitrogen and oxygen atoms in total. The summed E-state index contributed by atoms with van der Waals surface area (Å²) in [5.74, 6) is 1.90. The van der Waals surface area contributed by atoms with E-state index in [9.17, 15) is 4.79 Å². The number of ether oxygens (including phenoxy) is 1. The number of nitrogens with one attached hydrogen (secondary N) is 1. The number of carbonyl (C=O) groups is 1. The first-order chi connectivity index (χ1) is 19.4. The summed E-state index contributed by atoms with van der Waals surface area (Å²) in [6.45, 7) is 12.6. The van der Waals surface area contributed by atoms with Crippen LogP contribution in [-0.4, -0.2) is 79.5 Å². The van der Waals surface area contributed by atoms with Gasteiger partial charge in [-0.05, 0) is 70.4 Å². The number of H-pyrrole nitrogens is 1. The summed E-state index contributed by atoms with van der Waals surface area (Å²) in [5.41, 5.74) is 2.55. The number of carbonyl (C=O) groups excluding carboxylic acids is 1. The molecule has 9 heteroatoms. The number of aryl methyl sites for hydroxylation is 1. The second-order valence-electron chi connectivity index (χ2n) is 10.6. The molecule has 3 aromatic rings. The molecule has 40 heavy (non-hydrogen) atoms. The van der Waals surface area contributed by atoms with Crippen LogP contribution in [-0.2, 0) is 42.8 Å². The summed E-state index contributed by atoms with van der Waals surface area (Å²) in [5, 5.41) is 0. The lowest BCUT2D eigenvalue weighted by atomic mass is 10.1. The van der Waals surface area contributed by atoms with Crippen LogP contribution in [0.15, 0.2) is 49.1 Å². The topological polar surface area (TPSA) is 82.5 Å². The van der Waals surface area contributed by atoms with E-state index in [1.165, 1.54) is 11.1 Å². The van der Waals surface area contributed by atoms with Gasteiger partial charge in [-0.2, -0.15) is 0 Å². The number of imidazole rings is 2. The number of nitrogens with zero attached hydrogens (tertiary/aromatic N) is 6. The molecule has 3 rings (SSSR count). The van der Waals surface area contributed by atoms with Gasteiger partial charge in [-0.1, -0.05) is 38.1 Å². The molecule has 2 aromatic heterocycles. The molecule has 0 amide bonds. The van der Waals surface area contributed by atoms with Crippen molar-refractivity contribution >= 4 is 5.97 Å². The van der Waals surface area contributed by atoms with Crippen molar-refractivity contribution in [2.24, 2.45) is 7.05 Å². The van der Waals surface area contributed by atoms with Crippen LogP contribution < -0.4 is 0 Å². The minimum atomic E-state index is -0.151. The molecule has 1 atom stereocenters. The molecular formula is C31H49N7O2. The van der Waals surface area contributed by atoms with Crippen molar-refractivity contribution in [2.75, 3.05) is 33.3 Å². The number of aromatic nitrogens is 4. The van der Waals surface area contributed by atoms with Crippen molar-refractivity contribution in [3.05, 3.63) is 71.8 Å². The summed E-state index contributed by atoms with van der Waals surface area (Å²) in [6, 6.07) is 8.75. The Kier molecular flexibility index (Phi) is 13.4. The molecule has 0 aliphatic heterocycles. The number of esters is 1. The molecule has 0 spiro atoms. The van der Waals surface area contributed by atoms with E-state index in [0.29, 0.717) is 6.61 Å². The molecule has 1 N–H and O–H groups in total.